The van der Waals surface area contributed by atoms with E-state index in [4.69, 9.17) is 4.74 Å². The van der Waals surface area contributed by atoms with Gasteiger partial charge in [0, 0.05) is 10.6 Å². The highest BCUT2D eigenvalue weighted by Gasteiger charge is 2.21. The molecular weight excluding hydrogens is 336 g/mol. The normalized spacial score (nSPS) is 17.8. The van der Waals surface area contributed by atoms with Gasteiger partial charge in [-0.25, -0.2) is 0 Å². The lowest BCUT2D eigenvalue weighted by molar-refractivity contribution is -0.153. The molecule has 0 aromatic heterocycles. The van der Waals surface area contributed by atoms with Crippen LogP contribution >= 0.6 is 11.8 Å². The van der Waals surface area contributed by atoms with Crippen LogP contribution in [0.15, 0.2) is 41.3 Å². The molecule has 0 aliphatic heterocycles. The van der Waals surface area contributed by atoms with E-state index in [1.807, 2.05) is 12.2 Å². The summed E-state index contributed by atoms with van der Waals surface area (Å²) in [5.74, 6) is -3.16. The number of allylic oxidation sites excluding steroid dienone is 2. The van der Waals surface area contributed by atoms with E-state index in [0.717, 1.165) is 12.8 Å². The van der Waals surface area contributed by atoms with Gasteiger partial charge in [0.25, 0.3) is 11.7 Å². The molecule has 1 amide bonds. The number of carbonyl (C=O) groups is 2. The van der Waals surface area contributed by atoms with Crippen LogP contribution in [-0.2, 0) is 14.3 Å². The summed E-state index contributed by atoms with van der Waals surface area (Å²) in [5, 5.41) is 2.59. The van der Waals surface area contributed by atoms with Crippen molar-refractivity contribution in [3.8, 4) is 0 Å². The van der Waals surface area contributed by atoms with E-state index in [0.29, 0.717) is 22.3 Å². The summed E-state index contributed by atoms with van der Waals surface area (Å²) in [6.07, 6.45) is 5.27. The Hall–Kier alpha value is -1.89. The fraction of sp³-hybridized carbons (Fsp3) is 0.412. The number of alkyl halides is 2. The highest BCUT2D eigenvalue weighted by Crippen LogP contribution is 2.26. The minimum Gasteiger partial charge on any atom is -0.453 e. The Morgan fingerprint density at radius 3 is 2.62 bits per heavy atom. The van der Waals surface area contributed by atoms with Gasteiger partial charge < -0.3 is 10.1 Å². The molecule has 2 rings (SSSR count). The standard InChI is InChI=1S/C17H19F2NO3S/c1-11(23-15(21)10-12-4-2-3-5-12)16(22)20-13-6-8-14(9-7-13)24-17(18)19/h2,4,6-9,11-12,17H,3,5,10H2,1H3,(H,20,22)/t11-,12-/m0/s1. The second kappa shape index (κ2) is 8.82. The van der Waals surface area contributed by atoms with E-state index in [2.05, 4.69) is 5.32 Å². The highest BCUT2D eigenvalue weighted by atomic mass is 32.2. The minimum absolute atomic E-state index is 0.188. The number of thioether (sulfide) groups is 1. The van der Waals surface area contributed by atoms with Gasteiger partial charge in [-0.2, -0.15) is 8.78 Å². The number of anilines is 1. The van der Waals surface area contributed by atoms with Crippen molar-refractivity contribution in [1.29, 1.82) is 0 Å². The van der Waals surface area contributed by atoms with E-state index in [1.165, 1.54) is 31.2 Å². The fourth-order valence-electron chi connectivity index (χ4n) is 2.34. The second-order valence-electron chi connectivity index (χ2n) is 5.49. The molecule has 0 saturated heterocycles. The van der Waals surface area contributed by atoms with Crippen molar-refractivity contribution in [2.75, 3.05) is 5.32 Å². The SMILES string of the molecule is C[C@H](OC(=O)C[C@H]1C=CCC1)C(=O)Nc1ccc(SC(F)F)cc1. The van der Waals surface area contributed by atoms with Crippen LogP contribution in [0.3, 0.4) is 0 Å². The number of rotatable bonds is 7. The molecule has 1 aromatic rings. The molecule has 0 saturated carbocycles. The van der Waals surface area contributed by atoms with E-state index in [9.17, 15) is 18.4 Å². The van der Waals surface area contributed by atoms with Crippen LogP contribution < -0.4 is 5.32 Å². The average Bonchev–Trinajstić information content (AvgIpc) is 3.01. The molecule has 1 aromatic carbocycles. The number of esters is 1. The van der Waals surface area contributed by atoms with Crippen molar-refractivity contribution in [3.05, 3.63) is 36.4 Å². The highest BCUT2D eigenvalue weighted by molar-refractivity contribution is 7.99. The van der Waals surface area contributed by atoms with Crippen molar-refractivity contribution in [1.82, 2.24) is 0 Å². The van der Waals surface area contributed by atoms with Crippen molar-refractivity contribution in [3.63, 3.8) is 0 Å². The summed E-state index contributed by atoms with van der Waals surface area (Å²) in [7, 11) is 0. The summed E-state index contributed by atoms with van der Waals surface area (Å²) in [5.41, 5.74) is 0.459. The largest absolute Gasteiger partial charge is 0.453 e. The van der Waals surface area contributed by atoms with Crippen molar-refractivity contribution >= 4 is 29.3 Å². The molecule has 4 nitrogen and oxygen atoms in total. The third-order valence-electron chi connectivity index (χ3n) is 3.57. The Labute approximate surface area is 143 Å². The van der Waals surface area contributed by atoms with E-state index in [-0.39, 0.29) is 12.3 Å². The van der Waals surface area contributed by atoms with Crippen LogP contribution in [0.5, 0.6) is 0 Å². The quantitative estimate of drug-likeness (QED) is 0.452. The Bertz CT molecular complexity index is 604. The monoisotopic (exact) mass is 355 g/mol. The molecule has 2 atom stereocenters. The summed E-state index contributed by atoms with van der Waals surface area (Å²) < 4.78 is 29.6. The van der Waals surface area contributed by atoms with Crippen molar-refractivity contribution in [2.24, 2.45) is 5.92 Å². The zero-order valence-corrected chi connectivity index (χ0v) is 14.0. The van der Waals surface area contributed by atoms with Crippen molar-refractivity contribution < 1.29 is 23.1 Å². The van der Waals surface area contributed by atoms with Crippen LogP contribution in [-0.4, -0.2) is 23.7 Å². The maximum Gasteiger partial charge on any atom is 0.307 e. The predicted octanol–water partition coefficient (Wildman–Crippen LogP) is 4.23. The van der Waals surface area contributed by atoms with Gasteiger partial charge in [0.15, 0.2) is 6.10 Å². The molecule has 0 bridgehead atoms. The smallest absolute Gasteiger partial charge is 0.307 e. The number of amides is 1. The maximum absolute atomic E-state index is 12.2. The lowest BCUT2D eigenvalue weighted by Crippen LogP contribution is -2.30. The molecule has 0 fully saturated rings. The first-order chi connectivity index (χ1) is 11.4. The predicted molar refractivity (Wildman–Crippen MR) is 89.0 cm³/mol. The number of carbonyl (C=O) groups excluding carboxylic acids is 2. The number of hydrogen-bond donors (Lipinski definition) is 1. The zero-order chi connectivity index (χ0) is 17.5. The molecule has 1 N–H and O–H groups in total. The average molecular weight is 355 g/mol. The number of ether oxygens (including phenoxy) is 1. The molecule has 1 aliphatic carbocycles. The number of halogens is 2. The van der Waals surface area contributed by atoms with Gasteiger partial charge in [-0.05, 0) is 49.9 Å². The van der Waals surface area contributed by atoms with E-state index < -0.39 is 23.7 Å². The van der Waals surface area contributed by atoms with Gasteiger partial charge in [-0.1, -0.05) is 23.9 Å². The fourth-order valence-corrected chi connectivity index (χ4v) is 2.84. The molecule has 7 heteroatoms. The molecule has 0 unspecified atom stereocenters. The third kappa shape index (κ3) is 5.96. The molecule has 0 heterocycles. The topological polar surface area (TPSA) is 55.4 Å². The first kappa shape index (κ1) is 18.4. The van der Waals surface area contributed by atoms with Crippen LogP contribution in [0.4, 0.5) is 14.5 Å². The molecule has 130 valence electrons. The Kier molecular flexibility index (Phi) is 6.78. The minimum atomic E-state index is -2.49. The summed E-state index contributed by atoms with van der Waals surface area (Å²) >= 11 is 0.435. The van der Waals surface area contributed by atoms with Gasteiger partial charge in [0.2, 0.25) is 0 Å². The molecule has 1 aliphatic rings. The summed E-state index contributed by atoms with van der Waals surface area (Å²) in [4.78, 5) is 24.2. The van der Waals surface area contributed by atoms with E-state index in [1.54, 1.807) is 0 Å². The first-order valence-corrected chi connectivity index (χ1v) is 8.54. The number of hydrogen-bond acceptors (Lipinski definition) is 4. The zero-order valence-electron chi connectivity index (χ0n) is 13.2. The van der Waals surface area contributed by atoms with Gasteiger partial charge >= 0.3 is 5.97 Å². The molecule has 0 spiro atoms. The Morgan fingerprint density at radius 1 is 1.33 bits per heavy atom. The van der Waals surface area contributed by atoms with Gasteiger partial charge in [0.05, 0.1) is 6.42 Å². The summed E-state index contributed by atoms with van der Waals surface area (Å²) in [6, 6.07) is 6.05. The Balaban J connectivity index is 1.80. The van der Waals surface area contributed by atoms with Crippen LogP contribution in [0.1, 0.15) is 26.2 Å². The third-order valence-corrected chi connectivity index (χ3v) is 4.29. The van der Waals surface area contributed by atoms with Crippen LogP contribution in [0.2, 0.25) is 0 Å². The number of nitrogens with one attached hydrogen (secondary N) is 1. The van der Waals surface area contributed by atoms with Crippen LogP contribution in [0.25, 0.3) is 0 Å². The lowest BCUT2D eigenvalue weighted by atomic mass is 10.1. The molecular formula is C17H19F2NO3S. The molecule has 0 radical (unpaired) electrons. The number of benzene rings is 1. The first-order valence-electron chi connectivity index (χ1n) is 7.66. The molecule has 24 heavy (non-hydrogen) atoms. The lowest BCUT2D eigenvalue weighted by Gasteiger charge is -2.15. The van der Waals surface area contributed by atoms with E-state index >= 15 is 0 Å². The summed E-state index contributed by atoms with van der Waals surface area (Å²) in [6.45, 7) is 1.50. The maximum atomic E-state index is 12.2. The van der Waals surface area contributed by atoms with Crippen LogP contribution in [0, 0.1) is 5.92 Å². The van der Waals surface area contributed by atoms with Gasteiger partial charge in [-0.15, -0.1) is 0 Å². The second-order valence-corrected chi connectivity index (χ2v) is 6.56. The van der Waals surface area contributed by atoms with Gasteiger partial charge in [-0.3, -0.25) is 9.59 Å². The van der Waals surface area contributed by atoms with Crippen molar-refractivity contribution in [2.45, 2.75) is 42.9 Å². The van der Waals surface area contributed by atoms with Gasteiger partial charge in [0.1, 0.15) is 0 Å². The Morgan fingerprint density at radius 2 is 2.04 bits per heavy atom.